The molecule has 0 aromatic heterocycles. The van der Waals surface area contributed by atoms with E-state index >= 15 is 0 Å². The number of hydrogen-bond acceptors (Lipinski definition) is 3. The van der Waals surface area contributed by atoms with Crippen molar-refractivity contribution in [3.63, 3.8) is 0 Å². The highest BCUT2D eigenvalue weighted by molar-refractivity contribution is 5.67. The van der Waals surface area contributed by atoms with Gasteiger partial charge in [0.2, 0.25) is 0 Å². The summed E-state index contributed by atoms with van der Waals surface area (Å²) in [5, 5.41) is 2.37. The molecule has 0 aliphatic carbocycles. The highest BCUT2D eigenvalue weighted by Crippen LogP contribution is 2.20. The molecule has 0 atom stereocenters. The number of carbonyl (C=O) groups is 1. The Morgan fingerprint density at radius 3 is 2.50 bits per heavy atom. The van der Waals surface area contributed by atoms with E-state index in [0.29, 0.717) is 0 Å². The summed E-state index contributed by atoms with van der Waals surface area (Å²) in [4.78, 5) is 11.1. The molecule has 1 saturated heterocycles. The standard InChI is InChI=1S/C9H16FNO3/c1-8(2,3)14-7(12)11-4-9(10)5-13-6-9/h4-6H2,1-3H3,(H,11,12). The van der Waals surface area contributed by atoms with Gasteiger partial charge in [-0.05, 0) is 20.8 Å². The minimum atomic E-state index is -1.41. The quantitative estimate of drug-likeness (QED) is 0.738. The summed E-state index contributed by atoms with van der Waals surface area (Å²) in [6.45, 7) is 5.30. The third-order valence-electron chi connectivity index (χ3n) is 1.67. The van der Waals surface area contributed by atoms with Gasteiger partial charge in [0.05, 0.1) is 19.8 Å². The molecule has 82 valence electrons. The predicted octanol–water partition coefficient (Wildman–Crippen LogP) is 1.25. The third kappa shape index (κ3) is 3.49. The number of halogens is 1. The van der Waals surface area contributed by atoms with E-state index in [9.17, 15) is 9.18 Å². The lowest BCUT2D eigenvalue weighted by Gasteiger charge is -2.33. The fourth-order valence-electron chi connectivity index (χ4n) is 0.970. The van der Waals surface area contributed by atoms with E-state index in [1.807, 2.05) is 0 Å². The van der Waals surface area contributed by atoms with Crippen LogP contribution in [0.25, 0.3) is 0 Å². The van der Waals surface area contributed by atoms with Gasteiger partial charge in [0, 0.05) is 0 Å². The van der Waals surface area contributed by atoms with Crippen molar-refractivity contribution in [3.8, 4) is 0 Å². The fraction of sp³-hybridized carbons (Fsp3) is 0.889. The molecule has 1 fully saturated rings. The molecule has 4 nitrogen and oxygen atoms in total. The molecule has 1 heterocycles. The van der Waals surface area contributed by atoms with E-state index in [2.05, 4.69) is 5.32 Å². The van der Waals surface area contributed by atoms with Gasteiger partial charge in [0.1, 0.15) is 5.60 Å². The number of nitrogens with one attached hydrogen (secondary N) is 1. The van der Waals surface area contributed by atoms with Gasteiger partial charge in [-0.25, -0.2) is 9.18 Å². The highest BCUT2D eigenvalue weighted by atomic mass is 19.1. The van der Waals surface area contributed by atoms with Crippen molar-refractivity contribution in [2.24, 2.45) is 0 Å². The number of alkyl halides is 1. The van der Waals surface area contributed by atoms with Gasteiger partial charge in [-0.15, -0.1) is 0 Å². The van der Waals surface area contributed by atoms with Gasteiger partial charge >= 0.3 is 6.09 Å². The van der Waals surface area contributed by atoms with Crippen LogP contribution in [0.1, 0.15) is 20.8 Å². The summed E-state index contributed by atoms with van der Waals surface area (Å²) < 4.78 is 23.0. The largest absolute Gasteiger partial charge is 0.444 e. The zero-order chi connectivity index (χ0) is 10.8. The first-order valence-electron chi connectivity index (χ1n) is 4.54. The second-order valence-electron chi connectivity index (χ2n) is 4.50. The lowest BCUT2D eigenvalue weighted by atomic mass is 10.1. The minimum absolute atomic E-state index is 0.0444. The van der Waals surface area contributed by atoms with Crippen LogP contribution in [0.5, 0.6) is 0 Å². The maximum atomic E-state index is 13.3. The molecule has 0 aromatic rings. The van der Waals surface area contributed by atoms with Crippen LogP contribution in [0, 0.1) is 0 Å². The predicted molar refractivity (Wildman–Crippen MR) is 48.9 cm³/mol. The van der Waals surface area contributed by atoms with Crippen LogP contribution in [0.15, 0.2) is 0 Å². The van der Waals surface area contributed by atoms with E-state index in [1.54, 1.807) is 20.8 Å². The molecular formula is C9H16FNO3. The van der Waals surface area contributed by atoms with Gasteiger partial charge in [0.15, 0.2) is 5.67 Å². The average Bonchev–Trinajstić information content (AvgIpc) is 1.94. The Morgan fingerprint density at radius 1 is 1.57 bits per heavy atom. The number of amides is 1. The van der Waals surface area contributed by atoms with Crippen LogP contribution in [-0.2, 0) is 9.47 Å². The zero-order valence-electron chi connectivity index (χ0n) is 8.72. The van der Waals surface area contributed by atoms with Crippen molar-refractivity contribution in [1.29, 1.82) is 0 Å². The minimum Gasteiger partial charge on any atom is -0.444 e. The van der Waals surface area contributed by atoms with E-state index in [-0.39, 0.29) is 19.8 Å². The van der Waals surface area contributed by atoms with Crippen molar-refractivity contribution in [1.82, 2.24) is 5.32 Å². The smallest absolute Gasteiger partial charge is 0.407 e. The van der Waals surface area contributed by atoms with E-state index in [1.165, 1.54) is 0 Å². The summed E-state index contributed by atoms with van der Waals surface area (Å²) in [7, 11) is 0. The Hall–Kier alpha value is -0.840. The Kier molecular flexibility index (Phi) is 2.99. The Morgan fingerprint density at radius 2 is 2.14 bits per heavy atom. The summed E-state index contributed by atoms with van der Waals surface area (Å²) in [5.41, 5.74) is -1.96. The summed E-state index contributed by atoms with van der Waals surface area (Å²) in [5.74, 6) is 0. The number of ether oxygens (including phenoxy) is 2. The monoisotopic (exact) mass is 205 g/mol. The van der Waals surface area contributed by atoms with Crippen molar-refractivity contribution in [2.75, 3.05) is 19.8 Å². The van der Waals surface area contributed by atoms with Crippen LogP contribution in [-0.4, -0.2) is 37.1 Å². The first-order chi connectivity index (χ1) is 6.31. The molecular weight excluding hydrogens is 189 g/mol. The van der Waals surface area contributed by atoms with Crippen molar-refractivity contribution in [2.45, 2.75) is 32.0 Å². The molecule has 1 N–H and O–H groups in total. The van der Waals surface area contributed by atoms with Gasteiger partial charge in [0.25, 0.3) is 0 Å². The molecule has 0 saturated carbocycles. The van der Waals surface area contributed by atoms with E-state index in [4.69, 9.17) is 9.47 Å². The average molecular weight is 205 g/mol. The normalized spacial score (nSPS) is 19.7. The molecule has 0 spiro atoms. The maximum Gasteiger partial charge on any atom is 0.407 e. The first-order valence-corrected chi connectivity index (χ1v) is 4.54. The second kappa shape index (κ2) is 3.73. The molecule has 5 heteroatoms. The molecule has 1 rings (SSSR count). The molecule has 0 radical (unpaired) electrons. The van der Waals surface area contributed by atoms with Crippen LogP contribution in [0.3, 0.4) is 0 Å². The Balaban J connectivity index is 2.21. The molecule has 1 aliphatic rings. The van der Waals surface area contributed by atoms with Crippen LogP contribution in [0.4, 0.5) is 9.18 Å². The van der Waals surface area contributed by atoms with Crippen LogP contribution < -0.4 is 5.32 Å². The third-order valence-corrected chi connectivity index (χ3v) is 1.67. The van der Waals surface area contributed by atoms with Crippen molar-refractivity contribution >= 4 is 6.09 Å². The lowest BCUT2D eigenvalue weighted by Crippen LogP contribution is -2.54. The van der Waals surface area contributed by atoms with Crippen LogP contribution >= 0.6 is 0 Å². The molecule has 1 aliphatic heterocycles. The zero-order valence-corrected chi connectivity index (χ0v) is 8.72. The molecule has 1 amide bonds. The number of alkyl carbamates (subject to hydrolysis) is 1. The molecule has 0 unspecified atom stereocenters. The Bertz CT molecular complexity index is 221. The summed E-state index contributed by atoms with van der Waals surface area (Å²) in [6.07, 6.45) is -0.596. The second-order valence-corrected chi connectivity index (χ2v) is 4.50. The SMILES string of the molecule is CC(C)(C)OC(=O)NCC1(F)COC1. The Labute approximate surface area is 82.8 Å². The number of hydrogen-bond donors (Lipinski definition) is 1. The fourth-order valence-corrected chi connectivity index (χ4v) is 0.970. The summed E-state index contributed by atoms with van der Waals surface area (Å²) >= 11 is 0. The van der Waals surface area contributed by atoms with Crippen molar-refractivity contribution in [3.05, 3.63) is 0 Å². The lowest BCUT2D eigenvalue weighted by molar-refractivity contribution is -0.126. The van der Waals surface area contributed by atoms with Gasteiger partial charge in [-0.1, -0.05) is 0 Å². The van der Waals surface area contributed by atoms with Gasteiger partial charge in [-0.2, -0.15) is 0 Å². The maximum absolute atomic E-state index is 13.3. The van der Waals surface area contributed by atoms with E-state index < -0.39 is 17.4 Å². The molecule has 0 aromatic carbocycles. The molecule has 14 heavy (non-hydrogen) atoms. The van der Waals surface area contributed by atoms with Gasteiger partial charge < -0.3 is 14.8 Å². The highest BCUT2D eigenvalue weighted by Gasteiger charge is 2.39. The van der Waals surface area contributed by atoms with Crippen LogP contribution in [0.2, 0.25) is 0 Å². The first kappa shape index (κ1) is 11.2. The summed E-state index contributed by atoms with van der Waals surface area (Å²) in [6, 6.07) is 0. The topological polar surface area (TPSA) is 47.6 Å². The van der Waals surface area contributed by atoms with Gasteiger partial charge in [-0.3, -0.25) is 0 Å². The van der Waals surface area contributed by atoms with Crippen molar-refractivity contribution < 1.29 is 18.7 Å². The van der Waals surface area contributed by atoms with E-state index in [0.717, 1.165) is 0 Å². The number of carbonyl (C=O) groups excluding carboxylic acids is 1. The number of rotatable bonds is 2. The molecule has 0 bridgehead atoms.